The van der Waals surface area contributed by atoms with Crippen LogP contribution in [0.1, 0.15) is 27.8 Å². The number of halogens is 1. The second kappa shape index (κ2) is 19.2. The van der Waals surface area contributed by atoms with E-state index in [-0.39, 0.29) is 0 Å². The SMILES string of the molecule is [CH2-]c1c(C[PH+](c2ccccc2)c2ccccc2)c(C)cc(C)c1C[PH+](c1ccccc1)c1ccccc1.[Rh+2][I].[c-]1ccccc1. The van der Waals surface area contributed by atoms with E-state index in [1.807, 2.05) is 50.1 Å². The number of aryl methyl sites for hydroxylation is 2. The van der Waals surface area contributed by atoms with Crippen molar-refractivity contribution in [2.75, 3.05) is 0 Å². The van der Waals surface area contributed by atoms with Crippen molar-refractivity contribution in [3.8, 4) is 0 Å². The van der Waals surface area contributed by atoms with Crippen LogP contribution in [0.2, 0.25) is 0 Å². The van der Waals surface area contributed by atoms with Gasteiger partial charge in [-0.3, -0.25) is 0 Å². The minimum absolute atomic E-state index is 0.989. The average Bonchev–Trinajstić information content (AvgIpc) is 3.12. The quantitative estimate of drug-likeness (QED) is 0.0622. The van der Waals surface area contributed by atoms with Gasteiger partial charge in [0, 0.05) is 12.3 Å². The molecular formula is C41H40IP2Rh+2. The monoisotopic (exact) mass is 824 g/mol. The summed E-state index contributed by atoms with van der Waals surface area (Å²) in [7, 11) is -1.98. The Labute approximate surface area is 294 Å². The van der Waals surface area contributed by atoms with E-state index in [1.54, 1.807) is 0 Å². The molecule has 4 heteroatoms. The van der Waals surface area contributed by atoms with E-state index < -0.39 is 15.8 Å². The summed E-state index contributed by atoms with van der Waals surface area (Å²) in [4.78, 5) is 0. The van der Waals surface area contributed by atoms with Crippen LogP contribution in [-0.2, 0) is 27.1 Å². The Morgan fingerprint density at radius 2 is 0.800 bits per heavy atom. The first-order chi connectivity index (χ1) is 22.1. The van der Waals surface area contributed by atoms with Gasteiger partial charge in [0.1, 0.15) is 0 Å². The molecule has 0 saturated carbocycles. The third-order valence-corrected chi connectivity index (χ3v) is 13.5. The third-order valence-electron chi connectivity index (χ3n) is 7.92. The van der Waals surface area contributed by atoms with Gasteiger partial charge in [0.25, 0.3) is 0 Å². The molecule has 0 spiro atoms. The van der Waals surface area contributed by atoms with Gasteiger partial charge < -0.3 is 0 Å². The maximum Gasteiger partial charge on any atom is -0.171 e. The largest absolute Gasteiger partial charge is 0.184 e. The Balaban J connectivity index is 0.000000509. The summed E-state index contributed by atoms with van der Waals surface area (Å²) in [6.07, 6.45) is 2.10. The number of rotatable bonds is 8. The Kier molecular flexibility index (Phi) is 15.0. The van der Waals surface area contributed by atoms with E-state index in [0.717, 1.165) is 12.3 Å². The zero-order valence-electron chi connectivity index (χ0n) is 25.8. The number of hydrogen-bond acceptors (Lipinski definition) is 0. The third kappa shape index (κ3) is 10.2. The predicted molar refractivity (Wildman–Crippen MR) is 208 cm³/mol. The second-order valence-electron chi connectivity index (χ2n) is 10.8. The molecule has 45 heavy (non-hydrogen) atoms. The summed E-state index contributed by atoms with van der Waals surface area (Å²) < 4.78 is 0. The molecule has 0 saturated heterocycles. The normalized spacial score (nSPS) is 10.4. The molecule has 0 fully saturated rings. The van der Waals surface area contributed by atoms with Gasteiger partial charge in [0.15, 0.2) is 0 Å². The van der Waals surface area contributed by atoms with Crippen LogP contribution in [0.4, 0.5) is 0 Å². The van der Waals surface area contributed by atoms with Gasteiger partial charge in [0.2, 0.25) is 0 Å². The van der Waals surface area contributed by atoms with Crippen molar-refractivity contribution in [2.24, 2.45) is 0 Å². The van der Waals surface area contributed by atoms with Crippen molar-refractivity contribution in [1.29, 1.82) is 0 Å². The molecule has 0 amide bonds. The molecule has 6 aromatic carbocycles. The molecule has 228 valence electrons. The molecule has 0 radical (unpaired) electrons. The van der Waals surface area contributed by atoms with Gasteiger partial charge in [-0.25, -0.2) is 0 Å². The van der Waals surface area contributed by atoms with Gasteiger partial charge in [0.05, 0.1) is 37.1 Å². The summed E-state index contributed by atoms with van der Waals surface area (Å²) >= 11 is 4.56. The van der Waals surface area contributed by atoms with Crippen LogP contribution in [-0.4, -0.2) is 0 Å². The average molecular weight is 825 g/mol. The number of hydrogen-bond donors (Lipinski definition) is 0. The van der Waals surface area contributed by atoms with E-state index in [2.05, 4.69) is 162 Å². The summed E-state index contributed by atoms with van der Waals surface area (Å²) in [5, 5.41) is 5.83. The van der Waals surface area contributed by atoms with Crippen molar-refractivity contribution in [2.45, 2.75) is 26.2 Å². The minimum Gasteiger partial charge on any atom is -0.184 e. The fraction of sp³-hybridized carbons (Fsp3) is 0.0976. The molecule has 0 unspecified atom stereocenters. The molecule has 0 N–H and O–H groups in total. The topological polar surface area (TPSA) is 0 Å². The molecule has 0 aliphatic heterocycles. The van der Waals surface area contributed by atoms with E-state index in [1.165, 1.54) is 49.0 Å². The van der Waals surface area contributed by atoms with Gasteiger partial charge in [-0.05, 0) is 48.5 Å². The molecule has 0 heterocycles. The van der Waals surface area contributed by atoms with E-state index in [4.69, 9.17) is 6.92 Å². The molecule has 6 aromatic rings. The molecule has 0 atom stereocenters. The molecule has 0 aromatic heterocycles. The van der Waals surface area contributed by atoms with E-state index in [0.29, 0.717) is 0 Å². The fourth-order valence-electron chi connectivity index (χ4n) is 5.64. The summed E-state index contributed by atoms with van der Waals surface area (Å²) in [6.45, 7) is 9.30. The van der Waals surface area contributed by atoms with Gasteiger partial charge in [-0.1, -0.05) is 92.7 Å². The maximum atomic E-state index is 4.76. The molecule has 0 aliphatic carbocycles. The zero-order chi connectivity index (χ0) is 31.9. The summed E-state index contributed by atoms with van der Waals surface area (Å²) in [6, 6.07) is 59.2. The molecule has 0 bridgehead atoms. The summed E-state index contributed by atoms with van der Waals surface area (Å²) in [5.41, 5.74) is 6.86. The first-order valence-electron chi connectivity index (χ1n) is 15.0. The van der Waals surface area contributed by atoms with Gasteiger partial charge in [-0.15, -0.1) is 22.3 Å². The van der Waals surface area contributed by atoms with Crippen LogP contribution < -0.4 is 21.2 Å². The Bertz CT molecular complexity index is 1470. The Morgan fingerprint density at radius 1 is 0.511 bits per heavy atom. The van der Waals surface area contributed by atoms with Crippen LogP contribution in [0.5, 0.6) is 0 Å². The smallest absolute Gasteiger partial charge is 0.171 e. The van der Waals surface area contributed by atoms with Gasteiger partial charge in [-0.2, -0.15) is 48.9 Å². The number of benzene rings is 6. The zero-order valence-corrected chi connectivity index (χ0v) is 31.6. The van der Waals surface area contributed by atoms with Crippen LogP contribution in [0.25, 0.3) is 0 Å². The molecule has 0 aliphatic rings. The first-order valence-corrected chi connectivity index (χ1v) is 23.3. The summed E-state index contributed by atoms with van der Waals surface area (Å²) in [5.74, 6) is 0. The molecule has 0 nitrogen and oxygen atoms in total. The Morgan fingerprint density at radius 3 is 1.04 bits per heavy atom. The van der Waals surface area contributed by atoms with Crippen molar-refractivity contribution in [3.63, 3.8) is 0 Å². The minimum atomic E-state index is -0.989. The van der Waals surface area contributed by atoms with Crippen molar-refractivity contribution >= 4 is 56.8 Å². The second-order valence-corrected chi connectivity index (χ2v) is 15.7. The van der Waals surface area contributed by atoms with Crippen LogP contribution in [0.15, 0.2) is 158 Å². The van der Waals surface area contributed by atoms with Crippen molar-refractivity contribution in [3.05, 3.63) is 199 Å². The van der Waals surface area contributed by atoms with Gasteiger partial charge >= 0.3 is 34.5 Å². The maximum absolute atomic E-state index is 4.76. The van der Waals surface area contributed by atoms with Crippen LogP contribution in [0, 0.1) is 26.8 Å². The standard InChI is InChI=1S/C35H33P2.C6H5.HI.Rh/c1-27-24-28(2)35(26-37(32-20-12-6-13-21-32)33-22-14-7-15-23-33)29(3)34(27)25-36(30-16-8-4-9-17-30)31-18-10-5-11-19-31;1-2-4-6-5-3-1;;/h4-24H,3,25-26H2,1-2H3;1-5H;1H;/q2*-1;;+3/p+1. The van der Waals surface area contributed by atoms with E-state index in [9.17, 15) is 0 Å². The molecule has 6 rings (SSSR count). The van der Waals surface area contributed by atoms with Crippen molar-refractivity contribution < 1.29 is 14.8 Å². The first kappa shape index (κ1) is 35.3. The van der Waals surface area contributed by atoms with E-state index >= 15 is 0 Å². The Hall–Kier alpha value is -2.60. The van der Waals surface area contributed by atoms with Crippen LogP contribution in [0.3, 0.4) is 0 Å². The predicted octanol–water partition coefficient (Wildman–Crippen LogP) is 9.59. The fourth-order valence-corrected chi connectivity index (χ4v) is 11.2. The van der Waals surface area contributed by atoms with Crippen LogP contribution >= 0.6 is 35.6 Å². The molecular weight excluding hydrogens is 784 g/mol. The van der Waals surface area contributed by atoms with Crippen molar-refractivity contribution in [1.82, 2.24) is 0 Å².